The highest BCUT2D eigenvalue weighted by Crippen LogP contribution is 2.16. The number of para-hydroxylation sites is 1. The fourth-order valence-electron chi connectivity index (χ4n) is 3.02. The van der Waals surface area contributed by atoms with Gasteiger partial charge in [0.2, 0.25) is 0 Å². The van der Waals surface area contributed by atoms with Gasteiger partial charge in [0, 0.05) is 44.3 Å². The van der Waals surface area contributed by atoms with Gasteiger partial charge >= 0.3 is 6.09 Å². The van der Waals surface area contributed by atoms with Gasteiger partial charge in [-0.05, 0) is 38.3 Å². The van der Waals surface area contributed by atoms with Crippen LogP contribution in [-0.2, 0) is 11.2 Å². The molecule has 3 rings (SSSR count). The minimum absolute atomic E-state index is 0. The first kappa shape index (κ1) is 22.3. The molecule has 2 heterocycles. The normalized spacial score (nSPS) is 15.0. The van der Waals surface area contributed by atoms with Crippen molar-refractivity contribution in [2.75, 3.05) is 26.7 Å². The number of ether oxygens (including phenoxy) is 1. The summed E-state index contributed by atoms with van der Waals surface area (Å²) < 4.78 is 5.37. The van der Waals surface area contributed by atoms with Crippen LogP contribution in [0.25, 0.3) is 10.9 Å². The number of guanidine groups is 1. The molecule has 3 N–H and O–H groups in total. The average Bonchev–Trinajstić information content (AvgIpc) is 2.96. The molecule has 8 heteroatoms. The molecule has 154 valence electrons. The summed E-state index contributed by atoms with van der Waals surface area (Å²) in [4.78, 5) is 21.4. The molecule has 1 amide bonds. The first-order chi connectivity index (χ1) is 12.8. The number of aromatic amines is 1. The third-order valence-corrected chi connectivity index (χ3v) is 4.37. The molecule has 0 radical (unpaired) electrons. The van der Waals surface area contributed by atoms with Gasteiger partial charge in [-0.25, -0.2) is 4.79 Å². The summed E-state index contributed by atoms with van der Waals surface area (Å²) >= 11 is 0. The molecule has 0 atom stereocenters. The molecule has 1 fully saturated rings. The highest BCUT2D eigenvalue weighted by molar-refractivity contribution is 14.0. The van der Waals surface area contributed by atoms with E-state index in [1.54, 1.807) is 11.9 Å². The van der Waals surface area contributed by atoms with Gasteiger partial charge in [0.1, 0.15) is 5.60 Å². The summed E-state index contributed by atoms with van der Waals surface area (Å²) in [7, 11) is 1.75. The number of nitrogens with one attached hydrogen (secondary N) is 3. The van der Waals surface area contributed by atoms with Gasteiger partial charge in [-0.1, -0.05) is 18.2 Å². The van der Waals surface area contributed by atoms with Crippen LogP contribution in [0, 0.1) is 0 Å². The van der Waals surface area contributed by atoms with E-state index < -0.39 is 5.60 Å². The van der Waals surface area contributed by atoms with Crippen molar-refractivity contribution in [2.24, 2.45) is 4.99 Å². The Hall–Kier alpha value is -1.97. The molecular weight excluding hydrogens is 469 g/mol. The number of aliphatic imine (C=N–C) groups is 1. The van der Waals surface area contributed by atoms with E-state index in [2.05, 4.69) is 38.8 Å². The van der Waals surface area contributed by atoms with Gasteiger partial charge in [-0.2, -0.15) is 0 Å². The second kappa shape index (κ2) is 9.49. The van der Waals surface area contributed by atoms with Crippen molar-refractivity contribution >= 4 is 46.9 Å². The molecule has 1 aliphatic heterocycles. The summed E-state index contributed by atoms with van der Waals surface area (Å²) in [5.74, 6) is 0.750. The van der Waals surface area contributed by atoms with Gasteiger partial charge < -0.3 is 25.3 Å². The van der Waals surface area contributed by atoms with Crippen LogP contribution >= 0.6 is 24.0 Å². The first-order valence-corrected chi connectivity index (χ1v) is 9.36. The Bertz CT molecular complexity index is 788. The Balaban J connectivity index is 0.00000280. The molecule has 0 unspecified atom stereocenters. The van der Waals surface area contributed by atoms with E-state index >= 15 is 0 Å². The van der Waals surface area contributed by atoms with E-state index in [-0.39, 0.29) is 36.1 Å². The number of hydrogen-bond donors (Lipinski definition) is 3. The number of likely N-dealkylation sites (tertiary alicyclic amines) is 1. The maximum atomic E-state index is 12.0. The zero-order chi connectivity index (χ0) is 19.4. The average molecular weight is 499 g/mol. The standard InChI is InChI=1S/C20H29N5O2.HI/c1-20(2,3)27-19(26)25-12-16(13-25)24-18(21-4)22-10-9-15-11-14-7-5-6-8-17(14)23-15;/h5-8,11,16,23H,9-10,12-13H2,1-4H3,(H2,21,22,24);1H. The van der Waals surface area contributed by atoms with E-state index in [1.165, 1.54) is 11.1 Å². The van der Waals surface area contributed by atoms with Crippen LogP contribution in [0.2, 0.25) is 0 Å². The van der Waals surface area contributed by atoms with E-state index in [9.17, 15) is 4.79 Å². The van der Waals surface area contributed by atoms with Gasteiger partial charge in [0.15, 0.2) is 5.96 Å². The van der Waals surface area contributed by atoms with Crippen LogP contribution in [-0.4, -0.2) is 60.3 Å². The number of hydrogen-bond acceptors (Lipinski definition) is 3. The van der Waals surface area contributed by atoms with Crippen molar-refractivity contribution in [3.8, 4) is 0 Å². The maximum Gasteiger partial charge on any atom is 0.410 e. The topological polar surface area (TPSA) is 81.8 Å². The van der Waals surface area contributed by atoms with E-state index in [0.717, 1.165) is 24.4 Å². The summed E-state index contributed by atoms with van der Waals surface area (Å²) in [5.41, 5.74) is 1.89. The summed E-state index contributed by atoms with van der Waals surface area (Å²) in [6.45, 7) is 7.64. The van der Waals surface area contributed by atoms with E-state index in [0.29, 0.717) is 13.1 Å². The van der Waals surface area contributed by atoms with Gasteiger partial charge in [-0.15, -0.1) is 24.0 Å². The number of carbonyl (C=O) groups is 1. The van der Waals surface area contributed by atoms with Crippen LogP contribution in [0.15, 0.2) is 35.3 Å². The molecule has 0 spiro atoms. The second-order valence-electron chi connectivity index (χ2n) is 7.86. The summed E-state index contributed by atoms with van der Waals surface area (Å²) in [6.07, 6.45) is 0.617. The predicted molar refractivity (Wildman–Crippen MR) is 124 cm³/mol. The fourth-order valence-corrected chi connectivity index (χ4v) is 3.02. The molecule has 1 aliphatic rings. The van der Waals surface area contributed by atoms with Crippen molar-refractivity contribution in [1.29, 1.82) is 0 Å². The highest BCUT2D eigenvalue weighted by atomic mass is 127. The number of rotatable bonds is 4. The highest BCUT2D eigenvalue weighted by Gasteiger charge is 2.34. The van der Waals surface area contributed by atoms with Crippen molar-refractivity contribution in [3.63, 3.8) is 0 Å². The zero-order valence-corrected chi connectivity index (χ0v) is 19.2. The number of H-pyrrole nitrogens is 1. The Morgan fingerprint density at radius 3 is 2.68 bits per heavy atom. The van der Waals surface area contributed by atoms with Crippen LogP contribution in [0.3, 0.4) is 0 Å². The quantitative estimate of drug-likeness (QED) is 0.343. The summed E-state index contributed by atoms with van der Waals surface area (Å²) in [6, 6.07) is 10.6. The van der Waals surface area contributed by atoms with E-state index in [1.807, 2.05) is 32.9 Å². The lowest BCUT2D eigenvalue weighted by Crippen LogP contribution is -2.63. The predicted octanol–water partition coefficient (Wildman–Crippen LogP) is 3.11. The third kappa shape index (κ3) is 6.02. The lowest BCUT2D eigenvalue weighted by atomic mass is 10.1. The largest absolute Gasteiger partial charge is 0.444 e. The Labute approximate surface area is 183 Å². The Morgan fingerprint density at radius 2 is 2.04 bits per heavy atom. The van der Waals surface area contributed by atoms with Crippen LogP contribution < -0.4 is 10.6 Å². The first-order valence-electron chi connectivity index (χ1n) is 9.36. The minimum Gasteiger partial charge on any atom is -0.444 e. The number of halogens is 1. The number of carbonyl (C=O) groups excluding carboxylic acids is 1. The molecule has 0 aliphatic carbocycles. The second-order valence-corrected chi connectivity index (χ2v) is 7.86. The SMILES string of the molecule is CN=C(NCCc1cc2ccccc2[nH]1)NC1CN(C(=O)OC(C)(C)C)C1.I. The molecule has 0 saturated carbocycles. The molecule has 0 bridgehead atoms. The minimum atomic E-state index is -0.462. The lowest BCUT2D eigenvalue weighted by Gasteiger charge is -2.40. The lowest BCUT2D eigenvalue weighted by molar-refractivity contribution is 0.00701. The number of fused-ring (bicyclic) bond motifs is 1. The van der Waals surface area contributed by atoms with Crippen LogP contribution in [0.5, 0.6) is 0 Å². The number of aromatic nitrogens is 1. The van der Waals surface area contributed by atoms with Crippen molar-refractivity contribution in [2.45, 2.75) is 38.8 Å². The van der Waals surface area contributed by atoms with Gasteiger partial charge in [-0.3, -0.25) is 4.99 Å². The van der Waals surface area contributed by atoms with Crippen molar-refractivity contribution < 1.29 is 9.53 Å². The molecule has 1 aromatic carbocycles. The monoisotopic (exact) mass is 499 g/mol. The molecular formula is C20H30IN5O2. The maximum absolute atomic E-state index is 12.0. The zero-order valence-electron chi connectivity index (χ0n) is 16.9. The van der Waals surface area contributed by atoms with Gasteiger partial charge in [0.05, 0.1) is 6.04 Å². The van der Waals surface area contributed by atoms with Gasteiger partial charge in [0.25, 0.3) is 0 Å². The fraction of sp³-hybridized carbons (Fsp3) is 0.500. The molecule has 2 aromatic rings. The molecule has 7 nitrogen and oxygen atoms in total. The van der Waals surface area contributed by atoms with Crippen LogP contribution in [0.4, 0.5) is 4.79 Å². The molecule has 1 aromatic heterocycles. The number of nitrogens with zero attached hydrogens (tertiary/aromatic N) is 2. The summed E-state index contributed by atoms with van der Waals surface area (Å²) in [5, 5.41) is 7.90. The molecule has 28 heavy (non-hydrogen) atoms. The number of amides is 1. The molecule has 1 saturated heterocycles. The van der Waals surface area contributed by atoms with Crippen molar-refractivity contribution in [3.05, 3.63) is 36.0 Å². The third-order valence-electron chi connectivity index (χ3n) is 4.37. The van der Waals surface area contributed by atoms with Crippen LogP contribution in [0.1, 0.15) is 26.5 Å². The number of benzene rings is 1. The Kier molecular flexibility index (Phi) is 7.56. The van der Waals surface area contributed by atoms with Crippen molar-refractivity contribution in [1.82, 2.24) is 20.5 Å². The Morgan fingerprint density at radius 1 is 1.32 bits per heavy atom. The smallest absolute Gasteiger partial charge is 0.410 e. The van der Waals surface area contributed by atoms with E-state index in [4.69, 9.17) is 4.74 Å².